The molecule has 2 unspecified atom stereocenters. The lowest BCUT2D eigenvalue weighted by Gasteiger charge is -2.35. The highest BCUT2D eigenvalue weighted by Gasteiger charge is 2.37. The van der Waals surface area contributed by atoms with E-state index in [9.17, 15) is 0 Å². The first-order valence-corrected chi connectivity index (χ1v) is 5.52. The number of hydrogen-bond acceptors (Lipinski definition) is 1. The zero-order valence-corrected chi connectivity index (χ0v) is 8.66. The molecule has 0 saturated carbocycles. The summed E-state index contributed by atoms with van der Waals surface area (Å²) in [5, 5.41) is 0. The molecule has 3 rings (SSSR count). The molecule has 2 heteroatoms. The highest BCUT2D eigenvalue weighted by molar-refractivity contribution is 5.40. The van der Waals surface area contributed by atoms with E-state index in [0.717, 1.165) is 12.7 Å². The zero-order chi connectivity index (χ0) is 9.54. The molecular formula is C12H17N2+. The van der Waals surface area contributed by atoms with Crippen LogP contribution in [-0.4, -0.2) is 24.7 Å². The fourth-order valence-electron chi connectivity index (χ4n) is 2.95. The van der Waals surface area contributed by atoms with E-state index in [4.69, 9.17) is 0 Å². The molecule has 0 aliphatic carbocycles. The average Bonchev–Trinajstić information content (AvgIpc) is 2.66. The van der Waals surface area contributed by atoms with E-state index in [2.05, 4.69) is 36.2 Å². The molecular weight excluding hydrogens is 172 g/mol. The van der Waals surface area contributed by atoms with Crippen LogP contribution in [0, 0.1) is 0 Å². The van der Waals surface area contributed by atoms with E-state index in [0.29, 0.717) is 0 Å². The minimum atomic E-state index is 0.741. The van der Waals surface area contributed by atoms with Gasteiger partial charge in [-0.2, -0.15) is 0 Å². The van der Waals surface area contributed by atoms with Gasteiger partial charge in [0.25, 0.3) is 0 Å². The van der Waals surface area contributed by atoms with Gasteiger partial charge in [0, 0.05) is 25.1 Å². The number of quaternary nitrogens is 1. The van der Waals surface area contributed by atoms with Gasteiger partial charge in [0.15, 0.2) is 0 Å². The van der Waals surface area contributed by atoms with Gasteiger partial charge in [-0.15, -0.1) is 0 Å². The molecule has 0 bridgehead atoms. The summed E-state index contributed by atoms with van der Waals surface area (Å²) in [6, 6.07) is 8.86. The Labute approximate surface area is 85.1 Å². The molecule has 1 fully saturated rings. The van der Waals surface area contributed by atoms with Crippen LogP contribution < -0.4 is 4.90 Å². The summed E-state index contributed by atoms with van der Waals surface area (Å²) in [5.74, 6) is 0. The fourth-order valence-corrected chi connectivity index (χ4v) is 2.95. The van der Waals surface area contributed by atoms with E-state index in [1.54, 1.807) is 4.90 Å². The lowest BCUT2D eigenvalue weighted by atomic mass is 10.1. The SMILES string of the molecule is C[NH+]1c2ccccc2CN2CCCC21. The van der Waals surface area contributed by atoms with Crippen LogP contribution in [0.4, 0.5) is 5.69 Å². The van der Waals surface area contributed by atoms with Crippen molar-refractivity contribution in [2.45, 2.75) is 25.6 Å². The molecule has 14 heavy (non-hydrogen) atoms. The molecule has 74 valence electrons. The van der Waals surface area contributed by atoms with Crippen LogP contribution in [0.25, 0.3) is 0 Å². The van der Waals surface area contributed by atoms with Crippen molar-refractivity contribution < 1.29 is 4.90 Å². The topological polar surface area (TPSA) is 7.68 Å². The first-order chi connectivity index (χ1) is 6.86. The number of hydrogen-bond donors (Lipinski definition) is 1. The van der Waals surface area contributed by atoms with E-state index in [1.807, 2.05) is 0 Å². The van der Waals surface area contributed by atoms with Gasteiger partial charge >= 0.3 is 0 Å². The quantitative estimate of drug-likeness (QED) is 0.633. The summed E-state index contributed by atoms with van der Waals surface area (Å²) in [4.78, 5) is 4.21. The van der Waals surface area contributed by atoms with Crippen LogP contribution in [-0.2, 0) is 6.54 Å². The van der Waals surface area contributed by atoms with Crippen molar-refractivity contribution in [1.29, 1.82) is 0 Å². The largest absolute Gasteiger partial charge is 0.290 e. The van der Waals surface area contributed by atoms with Crippen molar-refractivity contribution >= 4 is 5.69 Å². The smallest absolute Gasteiger partial charge is 0.148 e. The number of nitrogens with zero attached hydrogens (tertiary/aromatic N) is 1. The van der Waals surface area contributed by atoms with Crippen LogP contribution in [0.3, 0.4) is 0 Å². The minimum absolute atomic E-state index is 0.741. The maximum Gasteiger partial charge on any atom is 0.148 e. The van der Waals surface area contributed by atoms with Gasteiger partial charge in [-0.05, 0) is 12.5 Å². The minimum Gasteiger partial charge on any atom is -0.290 e. The van der Waals surface area contributed by atoms with Crippen molar-refractivity contribution in [3.05, 3.63) is 29.8 Å². The van der Waals surface area contributed by atoms with Crippen LogP contribution in [0.1, 0.15) is 18.4 Å². The van der Waals surface area contributed by atoms with Crippen LogP contribution >= 0.6 is 0 Å². The lowest BCUT2D eigenvalue weighted by Crippen LogP contribution is -3.11. The third-order valence-corrected chi connectivity index (χ3v) is 3.68. The number of fused-ring (bicyclic) bond motifs is 2. The highest BCUT2D eigenvalue weighted by atomic mass is 15.4. The predicted octanol–water partition coefficient (Wildman–Crippen LogP) is 0.768. The summed E-state index contributed by atoms with van der Waals surface area (Å²) in [7, 11) is 2.31. The summed E-state index contributed by atoms with van der Waals surface area (Å²) in [5.41, 5.74) is 3.03. The molecule has 0 amide bonds. The first-order valence-electron chi connectivity index (χ1n) is 5.52. The molecule has 2 aliphatic heterocycles. The van der Waals surface area contributed by atoms with Gasteiger partial charge in [-0.1, -0.05) is 18.2 Å². The summed E-state index contributed by atoms with van der Waals surface area (Å²) in [6.07, 6.45) is 3.47. The number of para-hydroxylation sites is 1. The third kappa shape index (κ3) is 1.11. The van der Waals surface area contributed by atoms with Crippen molar-refractivity contribution in [3.8, 4) is 0 Å². The Balaban J connectivity index is 2.04. The van der Waals surface area contributed by atoms with Crippen molar-refractivity contribution in [2.75, 3.05) is 13.6 Å². The molecule has 0 aromatic heterocycles. The molecule has 2 aliphatic rings. The van der Waals surface area contributed by atoms with Gasteiger partial charge in [0.05, 0.1) is 7.05 Å². The highest BCUT2D eigenvalue weighted by Crippen LogP contribution is 2.24. The summed E-state index contributed by atoms with van der Waals surface area (Å²) in [6.45, 7) is 2.45. The summed E-state index contributed by atoms with van der Waals surface area (Å²) >= 11 is 0. The van der Waals surface area contributed by atoms with E-state index in [1.165, 1.54) is 30.6 Å². The van der Waals surface area contributed by atoms with Gasteiger partial charge < -0.3 is 0 Å². The van der Waals surface area contributed by atoms with E-state index in [-0.39, 0.29) is 0 Å². The molecule has 1 N–H and O–H groups in total. The monoisotopic (exact) mass is 189 g/mol. The molecule has 1 aromatic rings. The zero-order valence-electron chi connectivity index (χ0n) is 8.66. The first kappa shape index (κ1) is 8.45. The van der Waals surface area contributed by atoms with E-state index >= 15 is 0 Å². The third-order valence-electron chi connectivity index (χ3n) is 3.68. The van der Waals surface area contributed by atoms with E-state index < -0.39 is 0 Å². The second kappa shape index (κ2) is 3.07. The number of benzene rings is 1. The molecule has 1 aromatic carbocycles. The second-order valence-corrected chi connectivity index (χ2v) is 4.47. The molecule has 2 heterocycles. The molecule has 2 nitrogen and oxygen atoms in total. The van der Waals surface area contributed by atoms with Gasteiger partial charge in [-0.3, -0.25) is 4.90 Å². The van der Waals surface area contributed by atoms with Crippen molar-refractivity contribution in [2.24, 2.45) is 0 Å². The predicted molar refractivity (Wildman–Crippen MR) is 56.4 cm³/mol. The Morgan fingerprint density at radius 1 is 1.36 bits per heavy atom. The number of nitrogens with one attached hydrogen (secondary N) is 1. The molecule has 2 atom stereocenters. The molecule has 1 saturated heterocycles. The summed E-state index contributed by atoms with van der Waals surface area (Å²) < 4.78 is 0. The van der Waals surface area contributed by atoms with Crippen molar-refractivity contribution in [1.82, 2.24) is 4.90 Å². The Kier molecular flexibility index (Phi) is 1.85. The Morgan fingerprint density at radius 3 is 3.14 bits per heavy atom. The van der Waals surface area contributed by atoms with Crippen LogP contribution in [0.15, 0.2) is 24.3 Å². The van der Waals surface area contributed by atoms with Crippen LogP contribution in [0.5, 0.6) is 0 Å². The van der Waals surface area contributed by atoms with Gasteiger partial charge in [0.1, 0.15) is 11.9 Å². The standard InChI is InChI=1S/C12H16N2/c1-13-11-6-3-2-5-10(11)9-14-8-4-7-12(13)14/h2-3,5-6,12H,4,7-9H2,1H3/p+1. The fraction of sp³-hybridized carbons (Fsp3) is 0.500. The molecule has 0 radical (unpaired) electrons. The van der Waals surface area contributed by atoms with Gasteiger partial charge in [0.2, 0.25) is 0 Å². The maximum atomic E-state index is 2.62. The van der Waals surface area contributed by atoms with Crippen LogP contribution in [0.2, 0.25) is 0 Å². The Bertz CT molecular complexity index is 348. The van der Waals surface area contributed by atoms with Crippen molar-refractivity contribution in [3.63, 3.8) is 0 Å². The maximum absolute atomic E-state index is 2.62. The Hall–Kier alpha value is -0.860. The second-order valence-electron chi connectivity index (χ2n) is 4.47. The van der Waals surface area contributed by atoms with Gasteiger partial charge in [-0.25, -0.2) is 4.90 Å². The number of rotatable bonds is 0. The Morgan fingerprint density at radius 2 is 2.21 bits per heavy atom. The average molecular weight is 189 g/mol. The normalized spacial score (nSPS) is 31.2. The lowest BCUT2D eigenvalue weighted by molar-refractivity contribution is -0.856. The molecule has 0 spiro atoms.